The number of ether oxygens (including phenoxy) is 1. The number of rotatable bonds is 6. The standard InChI is InChI=1S/C31H35N5O3/c1-22(38)34-11-9-23(10-12-34)17-29(28-18-32-21-33-28)36-19-27(26-8-4-6-24-5-2-3-7-25(24)26)31(30(36)20-37)35-13-15-39-16-14-35/h2-8,18,21,23,29H,9-17,19H2,1H3,(H,32,33). The van der Waals surface area contributed by atoms with Gasteiger partial charge in [-0.15, -0.1) is 0 Å². The van der Waals surface area contributed by atoms with Crippen LogP contribution in [0.25, 0.3) is 16.3 Å². The lowest BCUT2D eigenvalue weighted by Gasteiger charge is -2.37. The van der Waals surface area contributed by atoms with Crippen LogP contribution in [0.5, 0.6) is 0 Å². The van der Waals surface area contributed by atoms with E-state index in [1.165, 1.54) is 10.8 Å². The van der Waals surface area contributed by atoms with Crippen LogP contribution in [0.1, 0.15) is 43.5 Å². The van der Waals surface area contributed by atoms with E-state index in [2.05, 4.69) is 68.2 Å². The van der Waals surface area contributed by atoms with E-state index in [1.807, 2.05) is 11.1 Å². The topological polar surface area (TPSA) is 81.8 Å². The van der Waals surface area contributed by atoms with E-state index >= 15 is 0 Å². The first-order valence-electron chi connectivity index (χ1n) is 13.9. The van der Waals surface area contributed by atoms with Gasteiger partial charge in [0.2, 0.25) is 5.91 Å². The number of H-pyrrole nitrogens is 1. The highest BCUT2D eigenvalue weighted by Crippen LogP contribution is 2.44. The number of nitrogens with zero attached hydrogens (tertiary/aromatic N) is 4. The number of aromatic amines is 1. The Bertz CT molecular complexity index is 1410. The largest absolute Gasteiger partial charge is 0.378 e. The Morgan fingerprint density at radius 3 is 2.59 bits per heavy atom. The zero-order valence-electron chi connectivity index (χ0n) is 22.4. The van der Waals surface area contributed by atoms with E-state index in [4.69, 9.17) is 4.74 Å². The number of aromatic nitrogens is 2. The number of carbonyl (C=O) groups is 1. The van der Waals surface area contributed by atoms with Gasteiger partial charge in [0.15, 0.2) is 5.94 Å². The summed E-state index contributed by atoms with van der Waals surface area (Å²) >= 11 is 0. The number of hydrogen-bond acceptors (Lipinski definition) is 6. The number of likely N-dealkylation sites (tertiary alicyclic amines) is 1. The van der Waals surface area contributed by atoms with Gasteiger partial charge < -0.3 is 24.4 Å². The molecule has 8 heteroatoms. The van der Waals surface area contributed by atoms with Crippen molar-refractivity contribution in [3.63, 3.8) is 0 Å². The number of carbonyl (C=O) groups excluding carboxylic acids is 2. The average Bonchev–Trinajstić information content (AvgIpc) is 3.65. The molecule has 3 aliphatic heterocycles. The molecule has 0 radical (unpaired) electrons. The highest BCUT2D eigenvalue weighted by atomic mass is 16.5. The van der Waals surface area contributed by atoms with Crippen LogP contribution in [-0.4, -0.2) is 82.5 Å². The smallest absolute Gasteiger partial charge is 0.219 e. The van der Waals surface area contributed by atoms with Gasteiger partial charge in [-0.2, -0.15) is 0 Å². The van der Waals surface area contributed by atoms with Crippen LogP contribution in [0, 0.1) is 5.92 Å². The van der Waals surface area contributed by atoms with Crippen molar-refractivity contribution in [2.45, 2.75) is 32.2 Å². The molecule has 4 heterocycles. The van der Waals surface area contributed by atoms with Crippen LogP contribution < -0.4 is 0 Å². The third-order valence-electron chi connectivity index (χ3n) is 8.54. The fourth-order valence-corrected chi connectivity index (χ4v) is 6.48. The Hall–Kier alpha value is -3.87. The SMILES string of the molecule is CC(=O)N1CCC(CC(c2cnc[nH]2)N2CC(c3cccc4ccccc34)=C(N3CCOCC3)C2=C=O)CC1. The first-order chi connectivity index (χ1) is 19.1. The zero-order chi connectivity index (χ0) is 26.8. The Balaban J connectivity index is 1.39. The van der Waals surface area contributed by atoms with Crippen molar-refractivity contribution >= 4 is 28.2 Å². The van der Waals surface area contributed by atoms with Gasteiger partial charge in [0.1, 0.15) is 5.70 Å². The van der Waals surface area contributed by atoms with Crippen LogP contribution in [0.3, 0.4) is 0 Å². The van der Waals surface area contributed by atoms with Gasteiger partial charge in [0, 0.05) is 45.2 Å². The van der Waals surface area contributed by atoms with Gasteiger partial charge in [-0.3, -0.25) is 4.79 Å². The highest BCUT2D eigenvalue weighted by Gasteiger charge is 2.39. The number of nitrogens with one attached hydrogen (secondary N) is 1. The van der Waals surface area contributed by atoms with Gasteiger partial charge in [-0.25, -0.2) is 9.78 Å². The van der Waals surface area contributed by atoms with Gasteiger partial charge in [0.05, 0.1) is 43.2 Å². The fraction of sp³-hybridized carbons (Fsp3) is 0.419. The minimum absolute atomic E-state index is 0.0543. The molecule has 8 nitrogen and oxygen atoms in total. The van der Waals surface area contributed by atoms with Crippen LogP contribution in [0.2, 0.25) is 0 Å². The van der Waals surface area contributed by atoms with Crippen LogP contribution >= 0.6 is 0 Å². The van der Waals surface area contributed by atoms with Crippen molar-refractivity contribution in [2.75, 3.05) is 45.9 Å². The molecular formula is C31H35N5O3. The second kappa shape index (κ2) is 11.1. The Kier molecular flexibility index (Phi) is 7.22. The molecule has 2 fully saturated rings. The first-order valence-corrected chi connectivity index (χ1v) is 13.9. The molecule has 6 rings (SSSR count). The number of piperidine rings is 1. The molecule has 0 bridgehead atoms. The summed E-state index contributed by atoms with van der Waals surface area (Å²) in [4.78, 5) is 38.9. The molecular weight excluding hydrogens is 490 g/mol. The molecule has 1 atom stereocenters. The molecule has 0 aliphatic carbocycles. The summed E-state index contributed by atoms with van der Waals surface area (Å²) in [6.45, 7) is 6.57. The lowest BCUT2D eigenvalue weighted by atomic mass is 9.88. The molecule has 1 amide bonds. The van der Waals surface area contributed by atoms with E-state index in [-0.39, 0.29) is 11.9 Å². The van der Waals surface area contributed by atoms with Crippen molar-refractivity contribution in [2.24, 2.45) is 5.92 Å². The molecule has 2 saturated heterocycles. The van der Waals surface area contributed by atoms with Crippen LogP contribution in [0.15, 0.2) is 66.4 Å². The summed E-state index contributed by atoms with van der Waals surface area (Å²) in [6.07, 6.45) is 6.37. The predicted octanol–water partition coefficient (Wildman–Crippen LogP) is 4.03. The lowest BCUT2D eigenvalue weighted by molar-refractivity contribution is -0.130. The Labute approximate surface area is 228 Å². The molecule has 202 valence electrons. The number of morpholine rings is 1. The second-order valence-electron chi connectivity index (χ2n) is 10.7. The molecule has 3 aliphatic rings. The molecule has 2 aromatic carbocycles. The molecule has 1 N–H and O–H groups in total. The van der Waals surface area contributed by atoms with Gasteiger partial charge in [0.25, 0.3) is 0 Å². The molecule has 1 unspecified atom stereocenters. The minimum atomic E-state index is -0.0543. The fourth-order valence-electron chi connectivity index (χ4n) is 6.48. The summed E-state index contributed by atoms with van der Waals surface area (Å²) in [5.41, 5.74) is 4.89. The number of fused-ring (bicyclic) bond motifs is 1. The monoisotopic (exact) mass is 525 g/mol. The van der Waals surface area contributed by atoms with E-state index in [0.29, 0.717) is 31.4 Å². The maximum Gasteiger partial charge on any atom is 0.219 e. The number of imidazole rings is 1. The van der Waals surface area contributed by atoms with Gasteiger partial charge in [-0.1, -0.05) is 42.5 Å². The maximum atomic E-state index is 12.8. The van der Waals surface area contributed by atoms with Gasteiger partial charge >= 0.3 is 0 Å². The Morgan fingerprint density at radius 2 is 1.87 bits per heavy atom. The summed E-state index contributed by atoms with van der Waals surface area (Å²) in [6, 6.07) is 14.8. The molecule has 3 aromatic rings. The molecule has 39 heavy (non-hydrogen) atoms. The Morgan fingerprint density at radius 1 is 1.10 bits per heavy atom. The highest BCUT2D eigenvalue weighted by molar-refractivity contribution is 5.97. The predicted molar refractivity (Wildman–Crippen MR) is 150 cm³/mol. The van der Waals surface area contributed by atoms with Crippen molar-refractivity contribution in [1.82, 2.24) is 24.7 Å². The van der Waals surface area contributed by atoms with Crippen molar-refractivity contribution < 1.29 is 14.3 Å². The number of amides is 1. The van der Waals surface area contributed by atoms with Crippen LogP contribution in [-0.2, 0) is 14.3 Å². The van der Waals surface area contributed by atoms with Crippen molar-refractivity contribution in [1.29, 1.82) is 0 Å². The third kappa shape index (κ3) is 4.98. The summed E-state index contributed by atoms with van der Waals surface area (Å²) in [7, 11) is 0. The van der Waals surface area contributed by atoms with Crippen molar-refractivity contribution in [3.05, 3.63) is 77.6 Å². The first kappa shape index (κ1) is 25.4. The summed E-state index contributed by atoms with van der Waals surface area (Å²) < 4.78 is 5.67. The lowest BCUT2D eigenvalue weighted by Crippen LogP contribution is -2.39. The summed E-state index contributed by atoms with van der Waals surface area (Å²) in [5, 5.41) is 2.36. The van der Waals surface area contributed by atoms with E-state index in [0.717, 1.165) is 68.0 Å². The second-order valence-corrected chi connectivity index (χ2v) is 10.7. The van der Waals surface area contributed by atoms with E-state index in [9.17, 15) is 9.59 Å². The molecule has 0 saturated carbocycles. The van der Waals surface area contributed by atoms with Gasteiger partial charge in [-0.05, 0) is 41.5 Å². The van der Waals surface area contributed by atoms with Crippen LogP contribution in [0.4, 0.5) is 0 Å². The summed E-state index contributed by atoms with van der Waals surface area (Å²) in [5.74, 6) is 2.96. The molecule has 1 aromatic heterocycles. The zero-order valence-corrected chi connectivity index (χ0v) is 22.4. The quantitative estimate of drug-likeness (QED) is 0.490. The van der Waals surface area contributed by atoms with E-state index < -0.39 is 0 Å². The third-order valence-corrected chi connectivity index (χ3v) is 8.54. The average molecular weight is 526 g/mol. The maximum absolute atomic E-state index is 12.8. The van der Waals surface area contributed by atoms with E-state index in [1.54, 1.807) is 13.3 Å². The number of hydrogen-bond donors (Lipinski definition) is 1. The van der Waals surface area contributed by atoms with Crippen molar-refractivity contribution in [3.8, 4) is 0 Å². The number of benzene rings is 2. The normalized spacial score (nSPS) is 19.6. The molecule has 0 spiro atoms. The minimum Gasteiger partial charge on any atom is -0.378 e.